The molecule has 0 amide bonds. The van der Waals surface area contributed by atoms with E-state index in [0.717, 1.165) is 32.1 Å². The molecule has 2 N–H and O–H groups in total. The second-order valence-electron chi connectivity index (χ2n) is 4.74. The molecule has 0 saturated heterocycles. The maximum absolute atomic E-state index is 10.0. The smallest absolute Gasteiger partial charge is 0.126 e. The molecule has 0 bridgehead atoms. The van der Waals surface area contributed by atoms with Crippen LogP contribution in [-0.4, -0.2) is 22.4 Å². The van der Waals surface area contributed by atoms with Crippen molar-refractivity contribution in [3.05, 3.63) is 28.8 Å². The number of ether oxygens (including phenoxy) is 1. The van der Waals surface area contributed by atoms with Crippen LogP contribution in [0.1, 0.15) is 37.7 Å². The summed E-state index contributed by atoms with van der Waals surface area (Å²) in [5.74, 6) is 0.580. The lowest BCUT2D eigenvalue weighted by molar-refractivity contribution is 0.0307. The molecule has 0 aliphatic heterocycles. The van der Waals surface area contributed by atoms with E-state index in [4.69, 9.17) is 16.3 Å². The van der Waals surface area contributed by atoms with Crippen molar-refractivity contribution < 1.29 is 14.9 Å². The lowest BCUT2D eigenvalue weighted by Crippen LogP contribution is -2.30. The van der Waals surface area contributed by atoms with Crippen molar-refractivity contribution in [2.75, 3.05) is 0 Å². The Balaban J connectivity index is 2.14. The summed E-state index contributed by atoms with van der Waals surface area (Å²) in [6.45, 7) is -0.155. The van der Waals surface area contributed by atoms with Gasteiger partial charge in [0.25, 0.3) is 0 Å². The summed E-state index contributed by atoms with van der Waals surface area (Å²) in [4.78, 5) is 0. The fraction of sp³-hybridized carbons (Fsp3) is 0.571. The lowest BCUT2D eigenvalue weighted by atomic mass is 10.1. The Labute approximate surface area is 112 Å². The molecule has 1 aromatic carbocycles. The zero-order valence-corrected chi connectivity index (χ0v) is 11.1. The standard InChI is InChI=1S/C14H19ClO3/c15-11-5-4-8-13(10(11)9-16)18-14-7-3-1-2-6-12(14)17/h4-5,8,12,14,16-17H,1-3,6-7,9H2. The highest BCUT2D eigenvalue weighted by molar-refractivity contribution is 6.31. The van der Waals surface area contributed by atoms with Crippen LogP contribution < -0.4 is 4.74 Å². The van der Waals surface area contributed by atoms with Gasteiger partial charge < -0.3 is 14.9 Å². The van der Waals surface area contributed by atoms with E-state index >= 15 is 0 Å². The van der Waals surface area contributed by atoms with E-state index in [1.807, 2.05) is 0 Å². The molecule has 2 atom stereocenters. The minimum absolute atomic E-state index is 0.155. The Hall–Kier alpha value is -0.770. The Bertz CT molecular complexity index is 395. The number of hydrogen-bond donors (Lipinski definition) is 2. The van der Waals surface area contributed by atoms with E-state index in [-0.39, 0.29) is 12.7 Å². The van der Waals surface area contributed by atoms with Crippen LogP contribution in [0.25, 0.3) is 0 Å². The molecule has 0 radical (unpaired) electrons. The largest absolute Gasteiger partial charge is 0.487 e. The maximum atomic E-state index is 10.0. The quantitative estimate of drug-likeness (QED) is 0.831. The van der Waals surface area contributed by atoms with Gasteiger partial charge in [-0.25, -0.2) is 0 Å². The van der Waals surface area contributed by atoms with Gasteiger partial charge in [0.15, 0.2) is 0 Å². The van der Waals surface area contributed by atoms with E-state index in [0.29, 0.717) is 16.3 Å². The average molecular weight is 271 g/mol. The van der Waals surface area contributed by atoms with Gasteiger partial charge in [0.2, 0.25) is 0 Å². The highest BCUT2D eigenvalue weighted by Gasteiger charge is 2.24. The molecule has 0 spiro atoms. The molecule has 100 valence electrons. The van der Waals surface area contributed by atoms with Gasteiger partial charge in [-0.15, -0.1) is 0 Å². The highest BCUT2D eigenvalue weighted by Crippen LogP contribution is 2.30. The molecule has 1 aliphatic rings. The van der Waals surface area contributed by atoms with Crippen LogP contribution in [0.2, 0.25) is 5.02 Å². The predicted molar refractivity (Wildman–Crippen MR) is 70.9 cm³/mol. The Kier molecular flexibility index (Phi) is 4.87. The fourth-order valence-corrected chi connectivity index (χ4v) is 2.58. The van der Waals surface area contributed by atoms with Crippen LogP contribution in [0.4, 0.5) is 0 Å². The highest BCUT2D eigenvalue weighted by atomic mass is 35.5. The molecule has 1 saturated carbocycles. The number of halogens is 1. The summed E-state index contributed by atoms with van der Waals surface area (Å²) in [6.07, 6.45) is 4.24. The van der Waals surface area contributed by atoms with Crippen LogP contribution in [0, 0.1) is 0 Å². The molecule has 2 rings (SSSR count). The first-order valence-electron chi connectivity index (χ1n) is 6.45. The monoisotopic (exact) mass is 270 g/mol. The third-order valence-corrected chi connectivity index (χ3v) is 3.78. The van der Waals surface area contributed by atoms with Gasteiger partial charge in [-0.1, -0.05) is 30.5 Å². The van der Waals surface area contributed by atoms with Crippen molar-refractivity contribution in [3.8, 4) is 5.75 Å². The van der Waals surface area contributed by atoms with Gasteiger partial charge in [0, 0.05) is 10.6 Å². The van der Waals surface area contributed by atoms with E-state index in [1.165, 1.54) is 0 Å². The first-order valence-corrected chi connectivity index (χ1v) is 6.83. The first-order chi connectivity index (χ1) is 8.72. The molecule has 4 heteroatoms. The third-order valence-electron chi connectivity index (χ3n) is 3.43. The van der Waals surface area contributed by atoms with E-state index < -0.39 is 6.10 Å². The topological polar surface area (TPSA) is 49.7 Å². The molecule has 2 unspecified atom stereocenters. The summed E-state index contributed by atoms with van der Waals surface area (Å²) in [5, 5.41) is 19.8. The molecule has 3 nitrogen and oxygen atoms in total. The normalized spacial score (nSPS) is 24.6. The number of hydrogen-bond acceptors (Lipinski definition) is 3. The molecular weight excluding hydrogens is 252 g/mol. The molecule has 0 heterocycles. The zero-order chi connectivity index (χ0) is 13.0. The summed E-state index contributed by atoms with van der Waals surface area (Å²) in [7, 11) is 0. The minimum atomic E-state index is -0.432. The van der Waals surface area contributed by atoms with Gasteiger partial charge >= 0.3 is 0 Å². The van der Waals surface area contributed by atoms with Crippen LogP contribution in [0.5, 0.6) is 5.75 Å². The molecule has 1 aliphatic carbocycles. The van der Waals surface area contributed by atoms with E-state index in [1.54, 1.807) is 18.2 Å². The zero-order valence-electron chi connectivity index (χ0n) is 10.3. The fourth-order valence-electron chi connectivity index (χ4n) is 2.36. The number of rotatable bonds is 3. The Morgan fingerprint density at radius 1 is 1.22 bits per heavy atom. The second-order valence-corrected chi connectivity index (χ2v) is 5.14. The second kappa shape index (κ2) is 6.41. The molecule has 1 aromatic rings. The van der Waals surface area contributed by atoms with Crippen molar-refractivity contribution in [2.24, 2.45) is 0 Å². The van der Waals surface area contributed by atoms with E-state index in [9.17, 15) is 10.2 Å². The van der Waals surface area contributed by atoms with Gasteiger partial charge in [-0.2, -0.15) is 0 Å². The van der Waals surface area contributed by atoms with Gasteiger partial charge in [-0.05, 0) is 31.4 Å². The number of aliphatic hydroxyl groups is 2. The number of aliphatic hydroxyl groups excluding tert-OH is 2. The predicted octanol–water partition coefficient (Wildman–Crippen LogP) is 2.90. The molecular formula is C14H19ClO3. The third kappa shape index (κ3) is 3.16. The van der Waals surface area contributed by atoms with Gasteiger partial charge in [0.05, 0.1) is 12.7 Å². The Morgan fingerprint density at radius 2 is 2.00 bits per heavy atom. The SMILES string of the molecule is OCc1c(Cl)cccc1OC1CCCCCC1O. The van der Waals surface area contributed by atoms with Crippen molar-refractivity contribution >= 4 is 11.6 Å². The number of benzene rings is 1. The summed E-state index contributed by atoms with van der Waals surface area (Å²) in [5.41, 5.74) is 0.593. The van der Waals surface area contributed by atoms with Gasteiger partial charge in [-0.3, -0.25) is 0 Å². The molecule has 1 fully saturated rings. The van der Waals surface area contributed by atoms with Crippen molar-refractivity contribution in [2.45, 2.75) is 50.9 Å². The van der Waals surface area contributed by atoms with Crippen LogP contribution in [0.3, 0.4) is 0 Å². The van der Waals surface area contributed by atoms with Crippen LogP contribution in [0.15, 0.2) is 18.2 Å². The summed E-state index contributed by atoms with van der Waals surface area (Å²) >= 11 is 6.01. The average Bonchev–Trinajstić information content (AvgIpc) is 2.55. The van der Waals surface area contributed by atoms with Crippen molar-refractivity contribution in [3.63, 3.8) is 0 Å². The van der Waals surface area contributed by atoms with Gasteiger partial charge in [0.1, 0.15) is 11.9 Å². The van der Waals surface area contributed by atoms with Crippen LogP contribution in [-0.2, 0) is 6.61 Å². The maximum Gasteiger partial charge on any atom is 0.126 e. The van der Waals surface area contributed by atoms with Crippen molar-refractivity contribution in [1.82, 2.24) is 0 Å². The minimum Gasteiger partial charge on any atom is -0.487 e. The lowest BCUT2D eigenvalue weighted by Gasteiger charge is -2.23. The summed E-state index contributed by atoms with van der Waals surface area (Å²) < 4.78 is 5.86. The van der Waals surface area contributed by atoms with E-state index in [2.05, 4.69) is 0 Å². The first kappa shape index (κ1) is 13.7. The van der Waals surface area contributed by atoms with Crippen LogP contribution >= 0.6 is 11.6 Å². The summed E-state index contributed by atoms with van der Waals surface area (Å²) in [6, 6.07) is 5.30. The molecule has 0 aromatic heterocycles. The molecule has 18 heavy (non-hydrogen) atoms. The Morgan fingerprint density at radius 3 is 2.78 bits per heavy atom. The van der Waals surface area contributed by atoms with Crippen molar-refractivity contribution in [1.29, 1.82) is 0 Å².